The third-order valence-corrected chi connectivity index (χ3v) is 5.69. The van der Waals surface area contributed by atoms with E-state index in [0.29, 0.717) is 0 Å². The number of nitrogens with zero attached hydrogens (tertiary/aromatic N) is 2. The molecule has 0 radical (unpaired) electrons. The first kappa shape index (κ1) is 29.5. The highest BCUT2D eigenvalue weighted by Gasteiger charge is 2.24. The smallest absolute Gasteiger partial charge is 0.202 e. The number of quaternary nitrogens is 1. The molecule has 0 spiro atoms. The van der Waals surface area contributed by atoms with Crippen molar-refractivity contribution in [3.05, 3.63) is 42.0 Å². The summed E-state index contributed by atoms with van der Waals surface area (Å²) < 4.78 is 34.4. The van der Waals surface area contributed by atoms with Crippen LogP contribution in [0.15, 0.2) is 40.8 Å². The van der Waals surface area contributed by atoms with Crippen LogP contribution in [-0.2, 0) is 10.3 Å². The zero-order chi connectivity index (χ0) is 23.4. The summed E-state index contributed by atoms with van der Waals surface area (Å²) in [5, 5.41) is 0. The van der Waals surface area contributed by atoms with E-state index in [1.165, 1.54) is 88.1 Å². The van der Waals surface area contributed by atoms with Crippen molar-refractivity contribution in [1.29, 1.82) is 0 Å². The molecule has 0 aliphatic heterocycles. The van der Waals surface area contributed by atoms with Gasteiger partial charge in [0.15, 0.2) is 0 Å². The van der Waals surface area contributed by atoms with Crippen LogP contribution in [0.25, 0.3) is 6.08 Å². The lowest BCUT2D eigenvalue weighted by Crippen LogP contribution is -2.50. The van der Waals surface area contributed by atoms with E-state index in [4.69, 9.17) is 0 Å². The van der Waals surface area contributed by atoms with Gasteiger partial charge in [-0.2, -0.15) is 4.40 Å². The number of allylic oxidation sites excluding steroid dienone is 1. The van der Waals surface area contributed by atoms with Crippen molar-refractivity contribution in [3.63, 3.8) is 0 Å². The molecule has 1 rings (SSSR count). The van der Waals surface area contributed by atoms with Crippen LogP contribution in [0, 0.1) is 0 Å². The molecule has 5 nitrogen and oxygen atoms in total. The van der Waals surface area contributed by atoms with Crippen LogP contribution in [0.4, 0.5) is 0 Å². The van der Waals surface area contributed by atoms with Crippen molar-refractivity contribution in [2.24, 2.45) is 4.40 Å². The van der Waals surface area contributed by atoms with Crippen LogP contribution in [-0.4, -0.2) is 49.8 Å². The molecular formula is C25H44N2O3S. The van der Waals surface area contributed by atoms with Gasteiger partial charge in [-0.25, -0.2) is 8.42 Å². The van der Waals surface area contributed by atoms with Gasteiger partial charge in [0.25, 0.3) is 0 Å². The van der Waals surface area contributed by atoms with Crippen molar-refractivity contribution < 1.29 is 17.5 Å². The average Bonchev–Trinajstić information content (AvgIpc) is 2.76. The number of benzene rings is 1. The van der Waals surface area contributed by atoms with E-state index in [1.807, 2.05) is 30.3 Å². The Morgan fingerprint density at radius 3 is 1.58 bits per heavy atom. The van der Waals surface area contributed by atoms with Crippen molar-refractivity contribution in [2.75, 3.05) is 26.2 Å². The second kappa shape index (κ2) is 18.1. The molecule has 1 aromatic rings. The first-order valence-electron chi connectivity index (χ1n) is 11.9. The Morgan fingerprint density at radius 2 is 1.23 bits per heavy atom. The van der Waals surface area contributed by atoms with Gasteiger partial charge in [0.2, 0.25) is 10.3 Å². The van der Waals surface area contributed by atoms with Gasteiger partial charge in [0.1, 0.15) is 0 Å². The molecule has 0 aliphatic carbocycles. The summed E-state index contributed by atoms with van der Waals surface area (Å²) in [7, 11) is -4.51. The standard InChI is InChI=1S/C16H36N.C9H9NO3S/c1-5-9-13-17(14-10-6-2,15-11-7-3)16-12-8-4;11-14(12,13)10-8-4-7-9-5-2-1-3-6-9/h5-16H2,1-4H3;1-8H,(H,11,12,13)/q+1;/p-1/b;7-4+,10-8+. The minimum atomic E-state index is -4.51. The monoisotopic (exact) mass is 452 g/mol. The molecule has 0 bridgehead atoms. The van der Waals surface area contributed by atoms with Crippen LogP contribution < -0.4 is 0 Å². The Bertz CT molecular complexity index is 663. The molecule has 0 N–H and O–H groups in total. The zero-order valence-electron chi connectivity index (χ0n) is 20.1. The van der Waals surface area contributed by atoms with Crippen LogP contribution in [0.3, 0.4) is 0 Å². The molecule has 0 saturated carbocycles. The Kier molecular flexibility index (Phi) is 17.2. The summed E-state index contributed by atoms with van der Waals surface area (Å²) in [5.74, 6) is 0. The van der Waals surface area contributed by atoms with Gasteiger partial charge in [-0.05, 0) is 37.3 Å². The van der Waals surface area contributed by atoms with Crippen molar-refractivity contribution in [2.45, 2.75) is 79.1 Å². The molecule has 0 heterocycles. The molecule has 6 heteroatoms. The van der Waals surface area contributed by atoms with Gasteiger partial charge < -0.3 is 9.04 Å². The molecule has 31 heavy (non-hydrogen) atoms. The summed E-state index contributed by atoms with van der Waals surface area (Å²) in [6.07, 6.45) is 15.1. The third-order valence-electron chi connectivity index (χ3n) is 5.31. The lowest BCUT2D eigenvalue weighted by molar-refractivity contribution is -0.929. The number of hydrogen-bond acceptors (Lipinski definition) is 3. The maximum atomic E-state index is 10.1. The Morgan fingerprint density at radius 1 is 0.806 bits per heavy atom. The molecule has 0 fully saturated rings. The van der Waals surface area contributed by atoms with Gasteiger partial charge in [-0.1, -0.05) is 89.8 Å². The van der Waals surface area contributed by atoms with Crippen LogP contribution in [0.5, 0.6) is 0 Å². The lowest BCUT2D eigenvalue weighted by Gasteiger charge is -2.39. The maximum Gasteiger partial charge on any atom is 0.202 e. The van der Waals surface area contributed by atoms with Gasteiger partial charge in [-0.15, -0.1) is 0 Å². The van der Waals surface area contributed by atoms with Gasteiger partial charge >= 0.3 is 0 Å². The topological polar surface area (TPSA) is 69.6 Å². The molecular weight excluding hydrogens is 408 g/mol. The number of unbranched alkanes of at least 4 members (excludes halogenated alkanes) is 4. The normalized spacial score (nSPS) is 12.3. The summed E-state index contributed by atoms with van der Waals surface area (Å²) in [6, 6.07) is 9.25. The lowest BCUT2D eigenvalue weighted by atomic mass is 10.1. The Labute approximate surface area is 191 Å². The predicted molar refractivity (Wildman–Crippen MR) is 133 cm³/mol. The summed E-state index contributed by atoms with van der Waals surface area (Å²) in [4.78, 5) is 0. The van der Waals surface area contributed by atoms with E-state index >= 15 is 0 Å². The van der Waals surface area contributed by atoms with E-state index < -0.39 is 10.3 Å². The quantitative estimate of drug-likeness (QED) is 0.180. The largest absolute Gasteiger partial charge is 0.730 e. The fraction of sp³-hybridized carbons (Fsp3) is 0.640. The first-order valence-corrected chi connectivity index (χ1v) is 13.3. The fourth-order valence-electron chi connectivity index (χ4n) is 3.47. The Hall–Kier alpha value is -1.50. The maximum absolute atomic E-state index is 10.1. The van der Waals surface area contributed by atoms with E-state index in [1.54, 1.807) is 6.08 Å². The van der Waals surface area contributed by atoms with E-state index in [9.17, 15) is 13.0 Å². The molecule has 0 atom stereocenters. The van der Waals surface area contributed by atoms with E-state index in [0.717, 1.165) is 11.8 Å². The third kappa shape index (κ3) is 16.8. The average molecular weight is 453 g/mol. The highest BCUT2D eigenvalue weighted by Crippen LogP contribution is 2.16. The number of rotatable bonds is 15. The summed E-state index contributed by atoms with van der Waals surface area (Å²) in [5.41, 5.74) is 0.905. The van der Waals surface area contributed by atoms with Crippen molar-refractivity contribution >= 4 is 22.6 Å². The van der Waals surface area contributed by atoms with Crippen LogP contribution in [0.2, 0.25) is 0 Å². The zero-order valence-corrected chi connectivity index (χ0v) is 20.9. The first-order chi connectivity index (χ1) is 14.8. The highest BCUT2D eigenvalue weighted by molar-refractivity contribution is 7.84. The predicted octanol–water partition coefficient (Wildman–Crippen LogP) is 6.23. The molecule has 1 aromatic carbocycles. The van der Waals surface area contributed by atoms with Crippen molar-refractivity contribution in [1.82, 2.24) is 0 Å². The second-order valence-electron chi connectivity index (χ2n) is 8.10. The van der Waals surface area contributed by atoms with Gasteiger partial charge in [0, 0.05) is 6.21 Å². The summed E-state index contributed by atoms with van der Waals surface area (Å²) >= 11 is 0. The minimum absolute atomic E-state index is 0.905. The van der Waals surface area contributed by atoms with Crippen LogP contribution >= 0.6 is 0 Å². The molecule has 0 aromatic heterocycles. The number of hydrogen-bond donors (Lipinski definition) is 0. The molecule has 178 valence electrons. The van der Waals surface area contributed by atoms with Crippen molar-refractivity contribution in [3.8, 4) is 0 Å². The fourth-order valence-corrected chi connectivity index (χ4v) is 3.69. The van der Waals surface area contributed by atoms with Gasteiger partial charge in [-0.3, -0.25) is 0 Å². The van der Waals surface area contributed by atoms with E-state index in [2.05, 4.69) is 32.1 Å². The van der Waals surface area contributed by atoms with Gasteiger partial charge in [0.05, 0.1) is 26.2 Å². The molecule has 0 saturated heterocycles. The Balaban J connectivity index is 0.000000590. The second-order valence-corrected chi connectivity index (χ2v) is 9.17. The molecule has 0 unspecified atom stereocenters. The van der Waals surface area contributed by atoms with E-state index in [-0.39, 0.29) is 0 Å². The van der Waals surface area contributed by atoms with Crippen LogP contribution in [0.1, 0.15) is 84.6 Å². The summed E-state index contributed by atoms with van der Waals surface area (Å²) in [6.45, 7) is 15.0. The SMILES string of the molecule is CCCC[N+](CCCC)(CCCC)CCCC.O=S(=O)([O-])/N=C/C=C/c1ccccc1. The molecule has 0 amide bonds. The molecule has 0 aliphatic rings. The minimum Gasteiger partial charge on any atom is -0.730 e. The highest BCUT2D eigenvalue weighted by atomic mass is 32.2.